The fourth-order valence-corrected chi connectivity index (χ4v) is 4.87. The molecule has 1 heterocycles. The average molecular weight is 284 g/mol. The molecule has 1 aliphatic rings. The molecule has 1 saturated carbocycles. The van der Waals surface area contributed by atoms with Crippen molar-refractivity contribution in [3.8, 4) is 0 Å². The topological polar surface area (TPSA) is 12.0 Å². The minimum atomic E-state index is 0.930. The van der Waals surface area contributed by atoms with E-state index < -0.39 is 0 Å². The number of thiophene rings is 1. The van der Waals surface area contributed by atoms with Crippen molar-refractivity contribution in [2.75, 3.05) is 12.3 Å². The zero-order chi connectivity index (χ0) is 12.8. The fourth-order valence-electron chi connectivity index (χ4n) is 2.62. The SMILES string of the molecule is Cc1ccc(CNCCSC2CCCC(C)C2)s1. The Labute approximate surface area is 120 Å². The summed E-state index contributed by atoms with van der Waals surface area (Å²) in [7, 11) is 0. The quantitative estimate of drug-likeness (QED) is 0.774. The molecule has 1 aliphatic carbocycles. The van der Waals surface area contributed by atoms with E-state index in [-0.39, 0.29) is 0 Å². The third kappa shape index (κ3) is 4.94. The second-order valence-electron chi connectivity index (χ2n) is 5.45. The third-order valence-corrected chi connectivity index (χ3v) is 5.96. The van der Waals surface area contributed by atoms with E-state index in [0.29, 0.717) is 0 Å². The summed E-state index contributed by atoms with van der Waals surface area (Å²) in [6, 6.07) is 4.45. The van der Waals surface area contributed by atoms with E-state index in [0.717, 1.165) is 24.3 Å². The molecule has 1 aromatic rings. The molecule has 0 bridgehead atoms. The molecular weight excluding hydrogens is 258 g/mol. The highest BCUT2D eigenvalue weighted by Crippen LogP contribution is 2.31. The summed E-state index contributed by atoms with van der Waals surface area (Å²) in [6.07, 6.45) is 5.78. The molecule has 1 nitrogen and oxygen atoms in total. The Bertz CT molecular complexity index is 348. The van der Waals surface area contributed by atoms with Gasteiger partial charge in [-0.1, -0.05) is 19.8 Å². The zero-order valence-corrected chi connectivity index (χ0v) is 13.2. The van der Waals surface area contributed by atoms with E-state index in [2.05, 4.69) is 43.1 Å². The van der Waals surface area contributed by atoms with Crippen LogP contribution in [0.15, 0.2) is 12.1 Å². The van der Waals surface area contributed by atoms with Gasteiger partial charge in [0, 0.05) is 33.8 Å². The third-order valence-electron chi connectivity index (χ3n) is 3.62. The Balaban J connectivity index is 1.53. The molecule has 1 fully saturated rings. The van der Waals surface area contributed by atoms with Crippen molar-refractivity contribution in [2.24, 2.45) is 5.92 Å². The number of hydrogen-bond donors (Lipinski definition) is 1. The average Bonchev–Trinajstić information content (AvgIpc) is 2.75. The van der Waals surface area contributed by atoms with E-state index in [1.165, 1.54) is 41.2 Å². The second kappa shape index (κ2) is 7.56. The highest BCUT2D eigenvalue weighted by Gasteiger charge is 2.18. The maximum absolute atomic E-state index is 3.56. The first-order valence-corrected chi connectivity index (χ1v) is 8.98. The van der Waals surface area contributed by atoms with Gasteiger partial charge in [0.15, 0.2) is 0 Å². The normalized spacial score (nSPS) is 24.3. The van der Waals surface area contributed by atoms with Gasteiger partial charge in [-0.15, -0.1) is 11.3 Å². The minimum absolute atomic E-state index is 0.930. The molecule has 1 N–H and O–H groups in total. The van der Waals surface area contributed by atoms with Crippen LogP contribution in [0.3, 0.4) is 0 Å². The standard InChI is InChI=1S/C15H25NS2/c1-12-4-3-5-14(10-12)17-9-8-16-11-15-7-6-13(2)18-15/h6-7,12,14,16H,3-5,8-11H2,1-2H3. The number of rotatable bonds is 6. The molecule has 2 atom stereocenters. The smallest absolute Gasteiger partial charge is 0.0300 e. The second-order valence-corrected chi connectivity index (χ2v) is 8.23. The predicted octanol–water partition coefficient (Wildman–Crippen LogP) is 4.46. The van der Waals surface area contributed by atoms with Crippen LogP contribution in [0.5, 0.6) is 0 Å². The first kappa shape index (κ1) is 14.4. The van der Waals surface area contributed by atoms with Gasteiger partial charge in [0.05, 0.1) is 0 Å². The summed E-state index contributed by atoms with van der Waals surface area (Å²) in [6.45, 7) is 6.77. The van der Waals surface area contributed by atoms with Crippen molar-refractivity contribution in [1.82, 2.24) is 5.32 Å². The van der Waals surface area contributed by atoms with Gasteiger partial charge in [0.2, 0.25) is 0 Å². The van der Waals surface area contributed by atoms with Gasteiger partial charge in [0.1, 0.15) is 0 Å². The van der Waals surface area contributed by atoms with E-state index in [1.54, 1.807) is 0 Å². The largest absolute Gasteiger partial charge is 0.311 e. The number of thioether (sulfide) groups is 1. The summed E-state index contributed by atoms with van der Waals surface area (Å²) in [5.41, 5.74) is 0. The van der Waals surface area contributed by atoms with Crippen LogP contribution in [-0.4, -0.2) is 17.5 Å². The van der Waals surface area contributed by atoms with Gasteiger partial charge in [-0.2, -0.15) is 11.8 Å². The molecule has 2 unspecified atom stereocenters. The van der Waals surface area contributed by atoms with E-state index >= 15 is 0 Å². The van der Waals surface area contributed by atoms with Crippen molar-refractivity contribution in [1.29, 1.82) is 0 Å². The molecule has 0 aliphatic heterocycles. The van der Waals surface area contributed by atoms with Gasteiger partial charge < -0.3 is 5.32 Å². The monoisotopic (exact) mass is 283 g/mol. The van der Waals surface area contributed by atoms with Gasteiger partial charge in [-0.3, -0.25) is 0 Å². The fraction of sp³-hybridized carbons (Fsp3) is 0.733. The van der Waals surface area contributed by atoms with Crippen molar-refractivity contribution in [3.05, 3.63) is 21.9 Å². The van der Waals surface area contributed by atoms with Gasteiger partial charge in [0.25, 0.3) is 0 Å². The Morgan fingerprint density at radius 3 is 3.00 bits per heavy atom. The van der Waals surface area contributed by atoms with Crippen LogP contribution in [0.1, 0.15) is 42.4 Å². The maximum atomic E-state index is 3.56. The molecule has 18 heavy (non-hydrogen) atoms. The highest BCUT2D eigenvalue weighted by molar-refractivity contribution is 7.99. The van der Waals surface area contributed by atoms with Crippen LogP contribution < -0.4 is 5.32 Å². The molecule has 0 aromatic carbocycles. The molecule has 0 radical (unpaired) electrons. The van der Waals surface area contributed by atoms with Gasteiger partial charge in [-0.05, 0) is 37.8 Å². The first-order chi connectivity index (χ1) is 8.74. The Hall–Kier alpha value is 0.01000. The van der Waals surface area contributed by atoms with Crippen molar-refractivity contribution >= 4 is 23.1 Å². The molecular formula is C15H25NS2. The number of nitrogens with one attached hydrogen (secondary N) is 1. The lowest BCUT2D eigenvalue weighted by molar-refractivity contribution is 0.394. The predicted molar refractivity (Wildman–Crippen MR) is 84.6 cm³/mol. The van der Waals surface area contributed by atoms with Crippen LogP contribution in [0.4, 0.5) is 0 Å². The molecule has 1 aromatic heterocycles. The lowest BCUT2D eigenvalue weighted by atomic mass is 9.91. The Kier molecular flexibility index (Phi) is 6.06. The molecule has 0 spiro atoms. The first-order valence-electron chi connectivity index (χ1n) is 7.11. The summed E-state index contributed by atoms with van der Waals surface area (Å²) in [4.78, 5) is 2.88. The van der Waals surface area contributed by atoms with Gasteiger partial charge in [-0.25, -0.2) is 0 Å². The van der Waals surface area contributed by atoms with Crippen LogP contribution >= 0.6 is 23.1 Å². The number of hydrogen-bond acceptors (Lipinski definition) is 3. The molecule has 0 amide bonds. The lowest BCUT2D eigenvalue weighted by Crippen LogP contribution is -2.20. The molecule has 102 valence electrons. The van der Waals surface area contributed by atoms with E-state index in [1.807, 2.05) is 11.3 Å². The lowest BCUT2D eigenvalue weighted by Gasteiger charge is -2.26. The highest BCUT2D eigenvalue weighted by atomic mass is 32.2. The Morgan fingerprint density at radius 1 is 1.39 bits per heavy atom. The van der Waals surface area contributed by atoms with Crippen LogP contribution in [-0.2, 0) is 6.54 Å². The maximum Gasteiger partial charge on any atom is 0.0300 e. The number of aryl methyl sites for hydroxylation is 1. The molecule has 2 rings (SSSR count). The van der Waals surface area contributed by atoms with Crippen LogP contribution in [0.2, 0.25) is 0 Å². The Morgan fingerprint density at radius 2 is 2.28 bits per heavy atom. The summed E-state index contributed by atoms with van der Waals surface area (Å²) < 4.78 is 0. The zero-order valence-electron chi connectivity index (χ0n) is 11.6. The molecule has 3 heteroatoms. The minimum Gasteiger partial charge on any atom is -0.311 e. The van der Waals surface area contributed by atoms with Crippen molar-refractivity contribution in [2.45, 2.75) is 51.3 Å². The van der Waals surface area contributed by atoms with E-state index in [9.17, 15) is 0 Å². The molecule has 0 saturated heterocycles. The van der Waals surface area contributed by atoms with E-state index in [4.69, 9.17) is 0 Å². The van der Waals surface area contributed by atoms with Gasteiger partial charge >= 0.3 is 0 Å². The summed E-state index contributed by atoms with van der Waals surface area (Å²) >= 11 is 4.09. The summed E-state index contributed by atoms with van der Waals surface area (Å²) in [5, 5.41) is 4.49. The van der Waals surface area contributed by atoms with Crippen molar-refractivity contribution in [3.63, 3.8) is 0 Å². The van der Waals surface area contributed by atoms with Crippen LogP contribution in [0.25, 0.3) is 0 Å². The van der Waals surface area contributed by atoms with Crippen LogP contribution in [0, 0.1) is 12.8 Å². The van der Waals surface area contributed by atoms with Crippen molar-refractivity contribution < 1.29 is 0 Å². The summed E-state index contributed by atoms with van der Waals surface area (Å²) in [5.74, 6) is 2.22.